The van der Waals surface area contributed by atoms with Crippen LogP contribution >= 0.6 is 23.1 Å². The molecule has 0 unspecified atom stereocenters. The zero-order valence-electron chi connectivity index (χ0n) is 17.7. The van der Waals surface area contributed by atoms with Crippen molar-refractivity contribution in [2.75, 3.05) is 18.2 Å². The van der Waals surface area contributed by atoms with Crippen LogP contribution in [0.2, 0.25) is 0 Å². The lowest BCUT2D eigenvalue weighted by atomic mass is 10.1. The van der Waals surface area contributed by atoms with Crippen molar-refractivity contribution in [1.82, 2.24) is 15.2 Å². The van der Waals surface area contributed by atoms with Crippen LogP contribution < -0.4 is 10.1 Å². The number of nitrogens with one attached hydrogen (secondary N) is 1. The molecule has 2 aromatic carbocycles. The van der Waals surface area contributed by atoms with E-state index in [-0.39, 0.29) is 11.7 Å². The Labute approximate surface area is 189 Å². The van der Waals surface area contributed by atoms with Crippen molar-refractivity contribution in [1.29, 1.82) is 0 Å². The van der Waals surface area contributed by atoms with E-state index in [0.29, 0.717) is 5.03 Å². The number of aryl methyl sites for hydroxylation is 3. The standard InChI is InChI=1S/C23H22N4O2S2/c1-13-7-5-8-14(2)19(13)25-18(28)12-30-23-21-22(31-15(3)24-21)20(26-27-23)16-9-6-10-17(11-16)29-4/h5-11H,12H2,1-4H3,(H,25,28). The fraction of sp³-hybridized carbons (Fsp3) is 0.217. The summed E-state index contributed by atoms with van der Waals surface area (Å²) in [5.74, 6) is 0.906. The molecule has 0 spiro atoms. The van der Waals surface area contributed by atoms with Crippen LogP contribution in [-0.2, 0) is 4.79 Å². The second-order valence-corrected chi connectivity index (χ2v) is 9.27. The lowest BCUT2D eigenvalue weighted by Gasteiger charge is -2.11. The first-order valence-electron chi connectivity index (χ1n) is 9.73. The Balaban J connectivity index is 1.58. The van der Waals surface area contributed by atoms with E-state index in [9.17, 15) is 4.79 Å². The molecule has 158 valence electrons. The summed E-state index contributed by atoms with van der Waals surface area (Å²) in [6.07, 6.45) is 0. The first-order chi connectivity index (χ1) is 15.0. The van der Waals surface area contributed by atoms with Gasteiger partial charge in [0.15, 0.2) is 0 Å². The zero-order valence-corrected chi connectivity index (χ0v) is 19.4. The quantitative estimate of drug-likeness (QED) is 0.395. The van der Waals surface area contributed by atoms with Crippen LogP contribution in [0.15, 0.2) is 47.5 Å². The first kappa shape index (κ1) is 21.3. The van der Waals surface area contributed by atoms with Crippen molar-refractivity contribution in [3.8, 4) is 17.0 Å². The highest BCUT2D eigenvalue weighted by Gasteiger charge is 2.17. The fourth-order valence-corrected chi connectivity index (χ4v) is 5.01. The van der Waals surface area contributed by atoms with E-state index in [1.165, 1.54) is 11.8 Å². The summed E-state index contributed by atoms with van der Waals surface area (Å²) in [5.41, 5.74) is 5.41. The molecule has 4 rings (SSSR count). The Morgan fingerprint density at radius 2 is 1.84 bits per heavy atom. The van der Waals surface area contributed by atoms with E-state index in [4.69, 9.17) is 4.74 Å². The third-order valence-electron chi connectivity index (χ3n) is 4.82. The van der Waals surface area contributed by atoms with Gasteiger partial charge in [-0.2, -0.15) is 0 Å². The maximum absolute atomic E-state index is 12.6. The Bertz CT molecular complexity index is 1250. The topological polar surface area (TPSA) is 77.0 Å². The first-order valence-corrected chi connectivity index (χ1v) is 11.5. The normalized spacial score (nSPS) is 11.0. The molecule has 0 saturated carbocycles. The van der Waals surface area contributed by atoms with Crippen molar-refractivity contribution in [3.05, 3.63) is 58.6 Å². The third-order valence-corrected chi connectivity index (χ3v) is 6.75. The molecule has 0 saturated heterocycles. The predicted molar refractivity (Wildman–Crippen MR) is 127 cm³/mol. The van der Waals surface area contributed by atoms with Crippen molar-refractivity contribution in [2.24, 2.45) is 0 Å². The smallest absolute Gasteiger partial charge is 0.234 e. The van der Waals surface area contributed by atoms with Gasteiger partial charge in [0.2, 0.25) is 5.91 Å². The minimum absolute atomic E-state index is 0.0822. The lowest BCUT2D eigenvalue weighted by Crippen LogP contribution is -2.16. The lowest BCUT2D eigenvalue weighted by molar-refractivity contribution is -0.113. The summed E-state index contributed by atoms with van der Waals surface area (Å²) in [6.45, 7) is 5.93. The van der Waals surface area contributed by atoms with Crippen LogP contribution in [-0.4, -0.2) is 34.0 Å². The number of aromatic nitrogens is 3. The Kier molecular flexibility index (Phi) is 6.20. The SMILES string of the molecule is COc1cccc(-c2nnc(SCC(=O)Nc3c(C)cccc3C)c3nc(C)sc23)c1. The van der Waals surface area contributed by atoms with Crippen molar-refractivity contribution < 1.29 is 9.53 Å². The van der Waals surface area contributed by atoms with Crippen LogP contribution in [0.25, 0.3) is 21.5 Å². The molecule has 8 heteroatoms. The van der Waals surface area contributed by atoms with Crippen LogP contribution in [0.4, 0.5) is 5.69 Å². The Morgan fingerprint density at radius 1 is 1.10 bits per heavy atom. The summed E-state index contributed by atoms with van der Waals surface area (Å²) in [5, 5.41) is 13.5. The average molecular weight is 451 g/mol. The van der Waals surface area contributed by atoms with Gasteiger partial charge in [-0.3, -0.25) is 4.79 Å². The van der Waals surface area contributed by atoms with E-state index in [0.717, 1.165) is 49.0 Å². The van der Waals surface area contributed by atoms with Gasteiger partial charge in [0.25, 0.3) is 0 Å². The highest BCUT2D eigenvalue weighted by Crippen LogP contribution is 2.36. The third kappa shape index (κ3) is 4.55. The fourth-order valence-electron chi connectivity index (χ4n) is 3.30. The largest absolute Gasteiger partial charge is 0.497 e. The summed E-state index contributed by atoms with van der Waals surface area (Å²) in [4.78, 5) is 17.2. The number of hydrogen-bond acceptors (Lipinski definition) is 7. The second kappa shape index (κ2) is 9.03. The summed E-state index contributed by atoms with van der Waals surface area (Å²) in [6, 6.07) is 13.7. The Morgan fingerprint density at radius 3 is 2.58 bits per heavy atom. The number of fused-ring (bicyclic) bond motifs is 1. The maximum Gasteiger partial charge on any atom is 0.234 e. The molecule has 0 radical (unpaired) electrons. The van der Waals surface area contributed by atoms with E-state index in [1.54, 1.807) is 18.4 Å². The van der Waals surface area contributed by atoms with Crippen LogP contribution in [0.1, 0.15) is 16.1 Å². The number of amides is 1. The minimum Gasteiger partial charge on any atom is -0.497 e. The molecule has 0 aliphatic rings. The number of benzene rings is 2. The van der Waals surface area contributed by atoms with Gasteiger partial charge in [0.05, 0.1) is 22.6 Å². The van der Waals surface area contributed by atoms with Crippen LogP contribution in [0.5, 0.6) is 5.75 Å². The van der Waals surface area contributed by atoms with Crippen molar-refractivity contribution in [2.45, 2.75) is 25.8 Å². The highest BCUT2D eigenvalue weighted by atomic mass is 32.2. The van der Waals surface area contributed by atoms with Gasteiger partial charge in [0, 0.05) is 11.3 Å². The molecule has 0 fully saturated rings. The average Bonchev–Trinajstić information content (AvgIpc) is 3.16. The number of methoxy groups -OCH3 is 1. The van der Waals surface area contributed by atoms with E-state index >= 15 is 0 Å². The number of rotatable bonds is 6. The molecule has 4 aromatic rings. The molecule has 1 N–H and O–H groups in total. The second-order valence-electron chi connectivity index (χ2n) is 7.10. The number of para-hydroxylation sites is 1. The monoisotopic (exact) mass is 450 g/mol. The molecular formula is C23H22N4O2S2. The van der Waals surface area contributed by atoms with E-state index < -0.39 is 0 Å². The van der Waals surface area contributed by atoms with E-state index in [1.807, 2.05) is 63.2 Å². The molecule has 6 nitrogen and oxygen atoms in total. The number of hydrogen-bond donors (Lipinski definition) is 1. The van der Waals surface area contributed by atoms with Gasteiger partial charge in [-0.05, 0) is 44.0 Å². The number of carbonyl (C=O) groups excluding carboxylic acids is 1. The van der Waals surface area contributed by atoms with Gasteiger partial charge in [-0.25, -0.2) is 4.98 Å². The number of anilines is 1. The van der Waals surface area contributed by atoms with Gasteiger partial charge in [-0.1, -0.05) is 42.1 Å². The number of ether oxygens (including phenoxy) is 1. The van der Waals surface area contributed by atoms with Crippen molar-refractivity contribution in [3.63, 3.8) is 0 Å². The maximum atomic E-state index is 12.6. The molecular weight excluding hydrogens is 428 g/mol. The molecule has 0 aliphatic carbocycles. The Hall–Kier alpha value is -2.97. The van der Waals surface area contributed by atoms with Crippen molar-refractivity contribution >= 4 is 44.9 Å². The molecule has 0 bridgehead atoms. The predicted octanol–water partition coefficient (Wildman–Crippen LogP) is 5.42. The molecule has 1 amide bonds. The number of carbonyl (C=O) groups is 1. The highest BCUT2D eigenvalue weighted by molar-refractivity contribution is 8.00. The number of thiazole rings is 1. The summed E-state index contributed by atoms with van der Waals surface area (Å²) in [7, 11) is 1.64. The van der Waals surface area contributed by atoms with E-state index in [2.05, 4.69) is 20.5 Å². The van der Waals surface area contributed by atoms with Gasteiger partial charge >= 0.3 is 0 Å². The summed E-state index contributed by atoms with van der Waals surface area (Å²) >= 11 is 2.92. The number of thioether (sulfide) groups is 1. The minimum atomic E-state index is -0.0822. The van der Waals surface area contributed by atoms with Crippen LogP contribution in [0, 0.1) is 20.8 Å². The van der Waals surface area contributed by atoms with Gasteiger partial charge in [0.1, 0.15) is 22.0 Å². The molecule has 2 aromatic heterocycles. The molecule has 2 heterocycles. The molecule has 31 heavy (non-hydrogen) atoms. The molecule has 0 atom stereocenters. The summed E-state index contributed by atoms with van der Waals surface area (Å²) < 4.78 is 6.30. The van der Waals surface area contributed by atoms with Crippen LogP contribution in [0.3, 0.4) is 0 Å². The number of nitrogens with zero attached hydrogens (tertiary/aromatic N) is 3. The zero-order chi connectivity index (χ0) is 22.0. The van der Waals surface area contributed by atoms with Gasteiger partial charge in [-0.15, -0.1) is 21.5 Å². The van der Waals surface area contributed by atoms with Gasteiger partial charge < -0.3 is 10.1 Å². The molecule has 0 aliphatic heterocycles.